The molecule has 1 unspecified atom stereocenters. The zero-order valence-corrected chi connectivity index (χ0v) is 16.3. The minimum atomic E-state index is -0.507. The number of methoxy groups -OCH3 is 1. The number of aryl methyl sites for hydroxylation is 1. The van der Waals surface area contributed by atoms with Crippen LogP contribution in [0, 0.1) is 0 Å². The van der Waals surface area contributed by atoms with Gasteiger partial charge in [0.25, 0.3) is 0 Å². The Kier molecular flexibility index (Phi) is 5.81. The molecule has 150 valence electrons. The number of benzene rings is 1. The summed E-state index contributed by atoms with van der Waals surface area (Å²) in [5.41, 5.74) is 0.562. The van der Waals surface area contributed by atoms with Crippen molar-refractivity contribution in [3.63, 3.8) is 0 Å². The number of anilines is 1. The van der Waals surface area contributed by atoms with E-state index in [1.54, 1.807) is 40.8 Å². The van der Waals surface area contributed by atoms with Crippen LogP contribution in [0.25, 0.3) is 0 Å². The van der Waals surface area contributed by atoms with Gasteiger partial charge in [-0.05, 0) is 31.9 Å². The summed E-state index contributed by atoms with van der Waals surface area (Å²) >= 11 is 0. The lowest BCUT2D eigenvalue weighted by Gasteiger charge is -2.32. The van der Waals surface area contributed by atoms with Crippen molar-refractivity contribution in [2.45, 2.75) is 32.2 Å². The molecule has 1 aromatic carbocycles. The van der Waals surface area contributed by atoms with Crippen LogP contribution in [0.5, 0.6) is 0 Å². The van der Waals surface area contributed by atoms with E-state index >= 15 is 0 Å². The summed E-state index contributed by atoms with van der Waals surface area (Å²) in [6.45, 7) is 3.51. The molecule has 1 aliphatic rings. The molecule has 2 heterocycles. The first-order valence-electron chi connectivity index (χ1n) is 9.33. The molecule has 9 heteroatoms. The Morgan fingerprint density at radius 3 is 2.79 bits per heavy atom. The molecule has 28 heavy (non-hydrogen) atoms. The first-order chi connectivity index (χ1) is 13.5. The van der Waals surface area contributed by atoms with Crippen LogP contribution in [-0.2, 0) is 18.3 Å². The fraction of sp³-hybridized carbons (Fsp3) is 0.474. The number of esters is 1. The number of likely N-dealkylation sites (tertiary alicyclic amines) is 1. The molecule has 0 spiro atoms. The van der Waals surface area contributed by atoms with Crippen molar-refractivity contribution in [1.29, 1.82) is 0 Å². The molecule has 1 fully saturated rings. The summed E-state index contributed by atoms with van der Waals surface area (Å²) in [7, 11) is 2.94. The van der Waals surface area contributed by atoms with Crippen LogP contribution in [0.2, 0.25) is 0 Å². The second kappa shape index (κ2) is 8.28. The first kappa shape index (κ1) is 19.7. The standard InChI is InChI=1S/C19H25N5O4/c1-4-24-16(21-22(2)19(24)27)13-8-7-11-23(12-13)18(26)20-15-10-6-5-9-14(15)17(25)28-3/h5-6,9-10,13H,4,7-8,11-12H2,1-3H3,(H,20,26). The highest BCUT2D eigenvalue weighted by Gasteiger charge is 2.29. The summed E-state index contributed by atoms with van der Waals surface area (Å²) in [4.78, 5) is 38.6. The van der Waals surface area contributed by atoms with E-state index in [-0.39, 0.29) is 17.6 Å². The third-order valence-electron chi connectivity index (χ3n) is 5.00. The molecule has 0 aliphatic carbocycles. The first-order valence-corrected chi connectivity index (χ1v) is 9.33. The fourth-order valence-electron chi connectivity index (χ4n) is 3.57. The minimum Gasteiger partial charge on any atom is -0.465 e. The lowest BCUT2D eigenvalue weighted by Crippen LogP contribution is -2.42. The number of hydrogen-bond donors (Lipinski definition) is 1. The second-order valence-electron chi connectivity index (χ2n) is 6.76. The number of carbonyl (C=O) groups excluding carboxylic acids is 2. The molecular weight excluding hydrogens is 362 g/mol. The van der Waals surface area contributed by atoms with Crippen LogP contribution in [0.3, 0.4) is 0 Å². The van der Waals surface area contributed by atoms with Crippen LogP contribution in [0.15, 0.2) is 29.1 Å². The topological polar surface area (TPSA) is 98.5 Å². The average Bonchev–Trinajstić information content (AvgIpc) is 3.01. The van der Waals surface area contributed by atoms with Crippen molar-refractivity contribution in [3.05, 3.63) is 46.1 Å². The Balaban J connectivity index is 1.77. The van der Waals surface area contributed by atoms with Gasteiger partial charge in [-0.2, -0.15) is 5.10 Å². The summed E-state index contributed by atoms with van der Waals surface area (Å²) in [5.74, 6) is 0.194. The molecule has 1 aromatic heterocycles. The fourth-order valence-corrected chi connectivity index (χ4v) is 3.57. The molecule has 1 N–H and O–H groups in total. The summed E-state index contributed by atoms with van der Waals surface area (Å²) in [5, 5.41) is 7.18. The van der Waals surface area contributed by atoms with E-state index in [9.17, 15) is 14.4 Å². The Bertz CT molecular complexity index is 933. The molecule has 3 rings (SSSR count). The normalized spacial score (nSPS) is 16.7. The quantitative estimate of drug-likeness (QED) is 0.807. The van der Waals surface area contributed by atoms with Crippen molar-refractivity contribution in [3.8, 4) is 0 Å². The maximum atomic E-state index is 12.8. The Labute approximate surface area is 162 Å². The van der Waals surface area contributed by atoms with Gasteiger partial charge in [-0.1, -0.05) is 12.1 Å². The van der Waals surface area contributed by atoms with E-state index in [4.69, 9.17) is 4.74 Å². The number of rotatable bonds is 4. The number of nitrogens with one attached hydrogen (secondary N) is 1. The van der Waals surface area contributed by atoms with E-state index in [2.05, 4.69) is 10.4 Å². The highest BCUT2D eigenvalue weighted by Crippen LogP contribution is 2.26. The molecule has 0 saturated carbocycles. The maximum absolute atomic E-state index is 12.8. The number of carbonyl (C=O) groups is 2. The van der Waals surface area contributed by atoms with E-state index in [0.29, 0.717) is 36.7 Å². The van der Waals surface area contributed by atoms with Crippen molar-refractivity contribution in [1.82, 2.24) is 19.2 Å². The third-order valence-corrected chi connectivity index (χ3v) is 5.00. The highest BCUT2D eigenvalue weighted by atomic mass is 16.5. The predicted octanol–water partition coefficient (Wildman–Crippen LogP) is 1.80. The summed E-state index contributed by atoms with van der Waals surface area (Å²) in [6, 6.07) is 6.44. The Morgan fingerprint density at radius 2 is 2.07 bits per heavy atom. The van der Waals surface area contributed by atoms with Crippen LogP contribution < -0.4 is 11.0 Å². The predicted molar refractivity (Wildman–Crippen MR) is 103 cm³/mol. The van der Waals surface area contributed by atoms with Gasteiger partial charge in [-0.15, -0.1) is 0 Å². The van der Waals surface area contributed by atoms with Gasteiger partial charge >= 0.3 is 17.7 Å². The van der Waals surface area contributed by atoms with Crippen LogP contribution in [0.1, 0.15) is 41.9 Å². The highest BCUT2D eigenvalue weighted by molar-refractivity contribution is 6.00. The van der Waals surface area contributed by atoms with Gasteiger partial charge < -0.3 is 15.0 Å². The van der Waals surface area contributed by atoms with Crippen LogP contribution in [-0.4, -0.2) is 51.4 Å². The maximum Gasteiger partial charge on any atom is 0.345 e. The molecule has 2 amide bonds. The van der Waals surface area contributed by atoms with Crippen molar-refractivity contribution in [2.75, 3.05) is 25.5 Å². The van der Waals surface area contributed by atoms with E-state index in [1.165, 1.54) is 11.8 Å². The van der Waals surface area contributed by atoms with Gasteiger partial charge in [-0.3, -0.25) is 4.57 Å². The molecule has 1 aliphatic heterocycles. The van der Waals surface area contributed by atoms with Gasteiger partial charge in [0, 0.05) is 32.6 Å². The average molecular weight is 387 g/mol. The van der Waals surface area contributed by atoms with Gasteiger partial charge in [0.1, 0.15) is 5.82 Å². The van der Waals surface area contributed by atoms with Gasteiger partial charge in [0.05, 0.1) is 18.4 Å². The SMILES string of the molecule is CCn1c(C2CCCN(C(=O)Nc3ccccc3C(=O)OC)C2)nn(C)c1=O. The lowest BCUT2D eigenvalue weighted by atomic mass is 9.97. The Hall–Kier alpha value is -3.10. The van der Waals surface area contributed by atoms with E-state index < -0.39 is 5.97 Å². The van der Waals surface area contributed by atoms with E-state index in [0.717, 1.165) is 12.8 Å². The number of aromatic nitrogens is 3. The van der Waals surface area contributed by atoms with Crippen molar-refractivity contribution >= 4 is 17.7 Å². The molecule has 1 saturated heterocycles. The number of urea groups is 1. The van der Waals surface area contributed by atoms with Crippen LogP contribution in [0.4, 0.5) is 10.5 Å². The zero-order valence-electron chi connectivity index (χ0n) is 16.3. The largest absolute Gasteiger partial charge is 0.465 e. The lowest BCUT2D eigenvalue weighted by molar-refractivity contribution is 0.0602. The van der Waals surface area contributed by atoms with Gasteiger partial charge in [0.2, 0.25) is 0 Å². The number of nitrogens with zero attached hydrogens (tertiary/aromatic N) is 4. The molecule has 1 atom stereocenters. The summed E-state index contributed by atoms with van der Waals surface area (Å²) < 4.78 is 7.76. The molecule has 2 aromatic rings. The second-order valence-corrected chi connectivity index (χ2v) is 6.76. The molecular formula is C19H25N5O4. The van der Waals surface area contributed by atoms with Crippen molar-refractivity contribution < 1.29 is 14.3 Å². The number of ether oxygens (including phenoxy) is 1. The number of hydrogen-bond acceptors (Lipinski definition) is 5. The smallest absolute Gasteiger partial charge is 0.345 e. The van der Waals surface area contributed by atoms with E-state index in [1.807, 2.05) is 6.92 Å². The number of para-hydroxylation sites is 1. The third kappa shape index (κ3) is 3.78. The van der Waals surface area contributed by atoms with Crippen LogP contribution >= 0.6 is 0 Å². The van der Waals surface area contributed by atoms with Gasteiger partial charge in [0.15, 0.2) is 0 Å². The summed E-state index contributed by atoms with van der Waals surface area (Å²) in [6.07, 6.45) is 1.67. The minimum absolute atomic E-state index is 0.01000. The number of amides is 2. The monoisotopic (exact) mass is 387 g/mol. The molecule has 9 nitrogen and oxygen atoms in total. The Morgan fingerprint density at radius 1 is 1.32 bits per heavy atom. The number of piperidine rings is 1. The zero-order chi connectivity index (χ0) is 20.3. The molecule has 0 bridgehead atoms. The van der Waals surface area contributed by atoms with Crippen molar-refractivity contribution in [2.24, 2.45) is 7.05 Å². The molecule has 0 radical (unpaired) electrons. The van der Waals surface area contributed by atoms with Gasteiger partial charge in [-0.25, -0.2) is 19.1 Å².